The van der Waals surface area contributed by atoms with E-state index in [9.17, 15) is 5.11 Å². The second kappa shape index (κ2) is 8.05. The van der Waals surface area contributed by atoms with Crippen LogP contribution in [0, 0.1) is 5.92 Å². The van der Waals surface area contributed by atoms with Crippen molar-refractivity contribution in [1.82, 2.24) is 0 Å². The first kappa shape index (κ1) is 15.8. The lowest BCUT2D eigenvalue weighted by atomic mass is 10.1. The molecular weight excluding hydrogens is 240 g/mol. The van der Waals surface area contributed by atoms with E-state index in [1.807, 2.05) is 32.0 Å². The lowest BCUT2D eigenvalue weighted by Gasteiger charge is -2.15. The number of ether oxygens (including phenoxy) is 2. The highest BCUT2D eigenvalue weighted by molar-refractivity contribution is 5.43. The predicted molar refractivity (Wildman–Crippen MR) is 77.9 cm³/mol. The monoisotopic (exact) mass is 266 g/mol. The summed E-state index contributed by atoms with van der Waals surface area (Å²) in [6, 6.07) is 5.90. The van der Waals surface area contributed by atoms with Gasteiger partial charge in [0.25, 0.3) is 0 Å². The van der Waals surface area contributed by atoms with Crippen molar-refractivity contribution >= 4 is 0 Å². The second-order valence-corrected chi connectivity index (χ2v) is 5.19. The van der Waals surface area contributed by atoms with E-state index in [1.54, 1.807) is 0 Å². The van der Waals surface area contributed by atoms with Crippen LogP contribution in [0.1, 0.15) is 39.7 Å². The molecule has 0 radical (unpaired) electrons. The van der Waals surface area contributed by atoms with Gasteiger partial charge in [-0.25, -0.2) is 0 Å². The average molecular weight is 266 g/mol. The molecule has 0 saturated heterocycles. The molecule has 0 spiro atoms. The van der Waals surface area contributed by atoms with Crippen LogP contribution >= 0.6 is 0 Å². The van der Waals surface area contributed by atoms with Gasteiger partial charge in [0.1, 0.15) is 0 Å². The summed E-state index contributed by atoms with van der Waals surface area (Å²) in [4.78, 5) is 0. The second-order valence-electron chi connectivity index (χ2n) is 5.19. The van der Waals surface area contributed by atoms with Crippen molar-refractivity contribution in [1.29, 1.82) is 0 Å². The third-order valence-corrected chi connectivity index (χ3v) is 2.82. The maximum Gasteiger partial charge on any atom is 0.161 e. The first-order valence-electron chi connectivity index (χ1n) is 7.13. The number of benzene rings is 1. The molecule has 0 aliphatic carbocycles. The lowest BCUT2D eigenvalue weighted by molar-refractivity contribution is 0.170. The minimum atomic E-state index is -0.295. The number of hydrogen-bond acceptors (Lipinski definition) is 3. The van der Waals surface area contributed by atoms with Crippen molar-refractivity contribution in [2.75, 3.05) is 13.2 Å². The van der Waals surface area contributed by atoms with Crippen molar-refractivity contribution in [3.63, 3.8) is 0 Å². The minimum absolute atomic E-state index is 0.295. The molecule has 1 rings (SSSR count). The van der Waals surface area contributed by atoms with Crippen LogP contribution in [-0.2, 0) is 6.42 Å². The molecule has 0 aliphatic heterocycles. The quantitative estimate of drug-likeness (QED) is 0.783. The molecule has 1 aromatic carbocycles. The highest BCUT2D eigenvalue weighted by Crippen LogP contribution is 2.29. The molecule has 1 atom stereocenters. The molecule has 0 fully saturated rings. The molecule has 1 aromatic rings. The SMILES string of the molecule is CCOc1cc(CC(O)CC)ccc1OCC(C)C. The van der Waals surface area contributed by atoms with Crippen molar-refractivity contribution < 1.29 is 14.6 Å². The molecule has 0 aliphatic rings. The first-order chi connectivity index (χ1) is 9.06. The summed E-state index contributed by atoms with van der Waals surface area (Å²) in [7, 11) is 0. The minimum Gasteiger partial charge on any atom is -0.490 e. The molecule has 0 bridgehead atoms. The summed E-state index contributed by atoms with van der Waals surface area (Å²) < 4.78 is 11.4. The molecule has 0 amide bonds. The van der Waals surface area contributed by atoms with Crippen LogP contribution in [0.2, 0.25) is 0 Å². The van der Waals surface area contributed by atoms with E-state index < -0.39 is 0 Å². The smallest absolute Gasteiger partial charge is 0.161 e. The summed E-state index contributed by atoms with van der Waals surface area (Å²) >= 11 is 0. The van der Waals surface area contributed by atoms with Gasteiger partial charge < -0.3 is 14.6 Å². The zero-order chi connectivity index (χ0) is 14.3. The molecule has 19 heavy (non-hydrogen) atoms. The number of aliphatic hydroxyl groups excluding tert-OH is 1. The van der Waals surface area contributed by atoms with E-state index >= 15 is 0 Å². The van der Waals surface area contributed by atoms with E-state index in [-0.39, 0.29) is 6.10 Å². The number of rotatable bonds is 8. The maximum atomic E-state index is 9.71. The fourth-order valence-corrected chi connectivity index (χ4v) is 1.74. The summed E-state index contributed by atoms with van der Waals surface area (Å²) in [5.41, 5.74) is 1.08. The fraction of sp³-hybridized carbons (Fsp3) is 0.625. The third kappa shape index (κ3) is 5.52. The summed E-state index contributed by atoms with van der Waals surface area (Å²) in [5, 5.41) is 9.71. The van der Waals surface area contributed by atoms with E-state index in [4.69, 9.17) is 9.47 Å². The molecule has 108 valence electrons. The Bertz CT molecular complexity index is 374. The van der Waals surface area contributed by atoms with E-state index in [0.717, 1.165) is 23.5 Å². The first-order valence-corrected chi connectivity index (χ1v) is 7.13. The van der Waals surface area contributed by atoms with Crippen molar-refractivity contribution in [3.8, 4) is 11.5 Å². The Morgan fingerprint density at radius 3 is 2.42 bits per heavy atom. The van der Waals surface area contributed by atoms with E-state index in [1.165, 1.54) is 0 Å². The number of aliphatic hydroxyl groups is 1. The lowest BCUT2D eigenvalue weighted by Crippen LogP contribution is -2.09. The molecule has 3 heteroatoms. The van der Waals surface area contributed by atoms with E-state index in [2.05, 4.69) is 13.8 Å². The molecule has 0 heterocycles. The van der Waals surface area contributed by atoms with Crippen LogP contribution in [0.15, 0.2) is 18.2 Å². The van der Waals surface area contributed by atoms with Gasteiger partial charge in [-0.1, -0.05) is 26.8 Å². The highest BCUT2D eigenvalue weighted by atomic mass is 16.5. The Morgan fingerprint density at radius 1 is 1.11 bits per heavy atom. The Kier molecular flexibility index (Phi) is 6.71. The third-order valence-electron chi connectivity index (χ3n) is 2.82. The van der Waals surface area contributed by atoms with Gasteiger partial charge in [-0.15, -0.1) is 0 Å². The fourth-order valence-electron chi connectivity index (χ4n) is 1.74. The van der Waals surface area contributed by atoms with Gasteiger partial charge in [-0.3, -0.25) is 0 Å². The zero-order valence-corrected chi connectivity index (χ0v) is 12.5. The van der Waals surface area contributed by atoms with Crippen LogP contribution in [0.3, 0.4) is 0 Å². The van der Waals surface area contributed by atoms with Crippen molar-refractivity contribution in [2.45, 2.75) is 46.6 Å². The van der Waals surface area contributed by atoms with Crippen LogP contribution in [-0.4, -0.2) is 24.4 Å². The zero-order valence-electron chi connectivity index (χ0n) is 12.5. The van der Waals surface area contributed by atoms with Crippen molar-refractivity contribution in [2.24, 2.45) is 5.92 Å². The summed E-state index contributed by atoms with van der Waals surface area (Å²) in [5.74, 6) is 2.03. The Morgan fingerprint density at radius 2 is 1.84 bits per heavy atom. The van der Waals surface area contributed by atoms with Gasteiger partial charge in [0.15, 0.2) is 11.5 Å². The normalized spacial score (nSPS) is 12.5. The Balaban J connectivity index is 2.81. The van der Waals surface area contributed by atoms with Gasteiger partial charge in [-0.2, -0.15) is 0 Å². The van der Waals surface area contributed by atoms with Crippen LogP contribution in [0.25, 0.3) is 0 Å². The number of hydrogen-bond donors (Lipinski definition) is 1. The topological polar surface area (TPSA) is 38.7 Å². The molecule has 3 nitrogen and oxygen atoms in total. The van der Waals surface area contributed by atoms with Gasteiger partial charge in [0.05, 0.1) is 19.3 Å². The molecule has 0 aromatic heterocycles. The van der Waals surface area contributed by atoms with Crippen LogP contribution < -0.4 is 9.47 Å². The molecule has 1 N–H and O–H groups in total. The predicted octanol–water partition coefficient (Wildman–Crippen LogP) is 3.43. The molecular formula is C16H26O3. The van der Waals surface area contributed by atoms with Gasteiger partial charge in [-0.05, 0) is 43.4 Å². The molecule has 1 unspecified atom stereocenters. The van der Waals surface area contributed by atoms with Crippen molar-refractivity contribution in [3.05, 3.63) is 23.8 Å². The Hall–Kier alpha value is -1.22. The van der Waals surface area contributed by atoms with Gasteiger partial charge in [0, 0.05) is 0 Å². The summed E-state index contributed by atoms with van der Waals surface area (Å²) in [6.07, 6.45) is 1.12. The average Bonchev–Trinajstić information content (AvgIpc) is 2.38. The summed E-state index contributed by atoms with van der Waals surface area (Å²) in [6.45, 7) is 9.46. The van der Waals surface area contributed by atoms with Gasteiger partial charge >= 0.3 is 0 Å². The van der Waals surface area contributed by atoms with Crippen LogP contribution in [0.4, 0.5) is 0 Å². The highest BCUT2D eigenvalue weighted by Gasteiger charge is 2.09. The maximum absolute atomic E-state index is 9.71. The van der Waals surface area contributed by atoms with E-state index in [0.29, 0.717) is 25.6 Å². The van der Waals surface area contributed by atoms with Crippen LogP contribution in [0.5, 0.6) is 11.5 Å². The Labute approximate surface area is 116 Å². The largest absolute Gasteiger partial charge is 0.490 e. The standard InChI is InChI=1S/C16H26O3/c1-5-14(17)9-13-7-8-15(19-11-12(3)4)16(10-13)18-6-2/h7-8,10,12,14,17H,5-6,9,11H2,1-4H3. The molecule has 0 saturated carbocycles. The van der Waals surface area contributed by atoms with Gasteiger partial charge in [0.2, 0.25) is 0 Å².